The zero-order valence-electron chi connectivity index (χ0n) is 12.8. The monoisotopic (exact) mass is 306 g/mol. The predicted octanol–water partition coefficient (Wildman–Crippen LogP) is 1.11. The largest absolute Gasteiger partial charge is 0.477 e. The number of nitrogen functional groups attached to an aromatic ring is 1. The minimum atomic E-state index is -0.485. The molecular formula is C15H22N4O3. The number of carbonyl (C=O) groups is 1. The van der Waals surface area contributed by atoms with Crippen molar-refractivity contribution in [1.29, 1.82) is 0 Å². The first-order valence-electron chi connectivity index (χ1n) is 7.90. The molecule has 1 aromatic rings. The molecule has 2 aliphatic rings. The number of aromatic nitrogens is 2. The molecule has 3 rings (SSSR count). The molecule has 1 aromatic heterocycles. The Bertz CT molecular complexity index is 578. The number of carbonyl (C=O) groups excluding carboxylic acids is 1. The summed E-state index contributed by atoms with van der Waals surface area (Å²) in [6, 6.07) is -0.167. The van der Waals surface area contributed by atoms with Crippen LogP contribution >= 0.6 is 0 Å². The summed E-state index contributed by atoms with van der Waals surface area (Å²) in [5.74, 6) is 0.197. The second-order valence-electron chi connectivity index (χ2n) is 5.85. The molecule has 1 aliphatic heterocycles. The molecule has 0 aromatic carbocycles. The van der Waals surface area contributed by atoms with Crippen molar-refractivity contribution in [3.63, 3.8) is 0 Å². The molecule has 2 atom stereocenters. The molecule has 1 unspecified atom stereocenters. The molecule has 1 aliphatic carbocycles. The number of aliphatic hydroxyl groups excluding tert-OH is 1. The van der Waals surface area contributed by atoms with Crippen LogP contribution in [0.25, 0.3) is 0 Å². The molecule has 0 radical (unpaired) electrons. The molecule has 0 spiro atoms. The van der Waals surface area contributed by atoms with Crippen molar-refractivity contribution in [2.24, 2.45) is 0 Å². The van der Waals surface area contributed by atoms with Gasteiger partial charge in [0.15, 0.2) is 0 Å². The Labute approximate surface area is 129 Å². The summed E-state index contributed by atoms with van der Waals surface area (Å²) in [7, 11) is 0. The van der Waals surface area contributed by atoms with E-state index in [2.05, 4.69) is 9.97 Å². The van der Waals surface area contributed by atoms with Crippen molar-refractivity contribution in [2.45, 2.75) is 57.7 Å². The summed E-state index contributed by atoms with van der Waals surface area (Å²) in [4.78, 5) is 22.7. The third kappa shape index (κ3) is 2.61. The maximum Gasteiger partial charge on any atom is 0.261 e. The number of aliphatic hydroxyl groups is 1. The van der Waals surface area contributed by atoms with Gasteiger partial charge in [0.1, 0.15) is 5.56 Å². The van der Waals surface area contributed by atoms with Gasteiger partial charge in [-0.3, -0.25) is 4.79 Å². The van der Waals surface area contributed by atoms with E-state index in [1.165, 1.54) is 0 Å². The maximum atomic E-state index is 12.8. The highest BCUT2D eigenvalue weighted by atomic mass is 16.5. The average molecular weight is 306 g/mol. The Morgan fingerprint density at radius 1 is 1.32 bits per heavy atom. The average Bonchev–Trinajstić information content (AvgIpc) is 2.66. The normalized spacial score (nSPS) is 25.0. The van der Waals surface area contributed by atoms with Crippen molar-refractivity contribution in [2.75, 3.05) is 12.3 Å². The van der Waals surface area contributed by atoms with Crippen LogP contribution in [0.3, 0.4) is 0 Å². The van der Waals surface area contributed by atoms with Gasteiger partial charge in [-0.05, 0) is 19.8 Å². The minimum absolute atomic E-state index is 0.110. The van der Waals surface area contributed by atoms with Gasteiger partial charge in [0, 0.05) is 0 Å². The first-order valence-corrected chi connectivity index (χ1v) is 7.90. The molecule has 22 heavy (non-hydrogen) atoms. The van der Waals surface area contributed by atoms with E-state index in [0.717, 1.165) is 32.1 Å². The molecule has 1 saturated carbocycles. The molecule has 2 heterocycles. The highest BCUT2D eigenvalue weighted by molar-refractivity contribution is 6.00. The van der Waals surface area contributed by atoms with Gasteiger partial charge in [-0.1, -0.05) is 19.3 Å². The van der Waals surface area contributed by atoms with E-state index >= 15 is 0 Å². The Morgan fingerprint density at radius 2 is 2.09 bits per heavy atom. The van der Waals surface area contributed by atoms with Crippen molar-refractivity contribution in [3.8, 4) is 5.88 Å². The molecule has 1 fully saturated rings. The number of hydrogen-bond donors (Lipinski definition) is 2. The Hall–Kier alpha value is -1.89. The van der Waals surface area contributed by atoms with E-state index < -0.39 is 6.10 Å². The highest BCUT2D eigenvalue weighted by Gasteiger charge is 2.40. The van der Waals surface area contributed by atoms with Crippen LogP contribution in [0.5, 0.6) is 5.88 Å². The smallest absolute Gasteiger partial charge is 0.261 e. The zero-order chi connectivity index (χ0) is 15.7. The molecule has 7 nitrogen and oxygen atoms in total. The van der Waals surface area contributed by atoms with Crippen LogP contribution in [-0.2, 0) is 6.54 Å². The Balaban J connectivity index is 1.91. The minimum Gasteiger partial charge on any atom is -0.477 e. The van der Waals surface area contributed by atoms with E-state index in [0.29, 0.717) is 24.4 Å². The third-order valence-electron chi connectivity index (χ3n) is 4.39. The first kappa shape index (κ1) is 15.0. The second-order valence-corrected chi connectivity index (χ2v) is 5.85. The molecular weight excluding hydrogens is 284 g/mol. The van der Waals surface area contributed by atoms with Gasteiger partial charge in [0.2, 0.25) is 11.8 Å². The maximum absolute atomic E-state index is 12.8. The SMILES string of the molecule is CCOc1nc(N)nc2c1C(=O)N(C1CCCCC[C@H]1O)C2. The van der Waals surface area contributed by atoms with Crippen molar-refractivity contribution in [1.82, 2.24) is 14.9 Å². The number of amides is 1. The van der Waals surface area contributed by atoms with Crippen LogP contribution in [0.2, 0.25) is 0 Å². The Kier molecular flexibility index (Phi) is 4.15. The fraction of sp³-hybridized carbons (Fsp3) is 0.667. The van der Waals surface area contributed by atoms with Crippen LogP contribution in [0.4, 0.5) is 5.95 Å². The number of fused-ring (bicyclic) bond motifs is 1. The number of ether oxygens (including phenoxy) is 1. The molecule has 0 saturated heterocycles. The summed E-state index contributed by atoms with van der Waals surface area (Å²) in [5.41, 5.74) is 6.69. The van der Waals surface area contributed by atoms with Gasteiger partial charge in [-0.15, -0.1) is 0 Å². The van der Waals surface area contributed by atoms with E-state index in [-0.39, 0.29) is 23.8 Å². The highest BCUT2D eigenvalue weighted by Crippen LogP contribution is 2.33. The lowest BCUT2D eigenvalue weighted by Crippen LogP contribution is -2.43. The summed E-state index contributed by atoms with van der Waals surface area (Å²) in [5, 5.41) is 10.3. The fourth-order valence-electron chi connectivity index (χ4n) is 3.35. The van der Waals surface area contributed by atoms with Crippen LogP contribution in [0.15, 0.2) is 0 Å². The summed E-state index contributed by atoms with van der Waals surface area (Å²) >= 11 is 0. The van der Waals surface area contributed by atoms with Gasteiger partial charge in [-0.2, -0.15) is 4.98 Å². The van der Waals surface area contributed by atoms with Crippen molar-refractivity contribution < 1.29 is 14.6 Å². The van der Waals surface area contributed by atoms with Gasteiger partial charge in [-0.25, -0.2) is 4.98 Å². The quantitative estimate of drug-likeness (QED) is 0.811. The van der Waals surface area contributed by atoms with Gasteiger partial charge in [0.25, 0.3) is 5.91 Å². The van der Waals surface area contributed by atoms with Crippen molar-refractivity contribution >= 4 is 11.9 Å². The predicted molar refractivity (Wildman–Crippen MR) is 80.4 cm³/mol. The number of nitrogens with two attached hydrogens (primary N) is 1. The molecule has 120 valence electrons. The molecule has 3 N–H and O–H groups in total. The van der Waals surface area contributed by atoms with Gasteiger partial charge in [0.05, 0.1) is 31.0 Å². The first-order chi connectivity index (χ1) is 10.6. The lowest BCUT2D eigenvalue weighted by atomic mass is 10.0. The standard InChI is InChI=1S/C15H22N4O3/c1-2-22-13-12-9(17-15(16)18-13)8-19(14(12)21)10-6-4-3-5-7-11(10)20/h10-11,20H,2-8H2,1H3,(H2,16,17,18)/t10?,11-/m1/s1. The second kappa shape index (κ2) is 6.08. The fourth-order valence-corrected chi connectivity index (χ4v) is 3.35. The molecule has 1 amide bonds. The van der Waals surface area contributed by atoms with Crippen LogP contribution in [-0.4, -0.2) is 44.6 Å². The van der Waals surface area contributed by atoms with E-state index in [1.807, 2.05) is 6.92 Å². The van der Waals surface area contributed by atoms with E-state index in [4.69, 9.17) is 10.5 Å². The molecule has 7 heteroatoms. The zero-order valence-corrected chi connectivity index (χ0v) is 12.8. The van der Waals surface area contributed by atoms with Gasteiger partial charge >= 0.3 is 0 Å². The van der Waals surface area contributed by atoms with Crippen LogP contribution < -0.4 is 10.5 Å². The van der Waals surface area contributed by atoms with E-state index in [1.54, 1.807) is 4.90 Å². The number of hydrogen-bond acceptors (Lipinski definition) is 6. The summed E-state index contributed by atoms with van der Waals surface area (Å²) in [6.45, 7) is 2.60. The number of nitrogens with zero attached hydrogens (tertiary/aromatic N) is 3. The topological polar surface area (TPSA) is 102 Å². The van der Waals surface area contributed by atoms with Crippen LogP contribution in [0, 0.1) is 0 Å². The van der Waals surface area contributed by atoms with Crippen LogP contribution in [0.1, 0.15) is 55.1 Å². The summed E-state index contributed by atoms with van der Waals surface area (Å²) in [6.07, 6.45) is 4.18. The number of anilines is 1. The molecule has 0 bridgehead atoms. The Morgan fingerprint density at radius 3 is 2.86 bits per heavy atom. The lowest BCUT2D eigenvalue weighted by molar-refractivity contribution is 0.0343. The third-order valence-corrected chi connectivity index (χ3v) is 4.39. The lowest BCUT2D eigenvalue weighted by Gasteiger charge is -2.30. The number of rotatable bonds is 3. The summed E-state index contributed by atoms with van der Waals surface area (Å²) < 4.78 is 5.45. The van der Waals surface area contributed by atoms with Gasteiger partial charge < -0.3 is 20.5 Å². The van der Waals surface area contributed by atoms with Crippen molar-refractivity contribution in [3.05, 3.63) is 11.3 Å². The van der Waals surface area contributed by atoms with E-state index in [9.17, 15) is 9.90 Å².